The summed E-state index contributed by atoms with van der Waals surface area (Å²) in [6.07, 6.45) is 0. The second-order valence-electron chi connectivity index (χ2n) is 3.20. The fraction of sp³-hybridized carbons (Fsp3) is 0.300. The van der Waals surface area contributed by atoms with Gasteiger partial charge in [-0.05, 0) is 24.6 Å². The summed E-state index contributed by atoms with van der Waals surface area (Å²) in [6.45, 7) is 2.33. The number of carbonyl (C=O) groups is 1. The lowest BCUT2D eigenvalue weighted by molar-refractivity contribution is 0.0688. The molecular formula is C10H11ClO5S. The zero-order valence-electron chi connectivity index (χ0n) is 9.01. The van der Waals surface area contributed by atoms with Gasteiger partial charge < -0.3 is 9.84 Å². The Balaban J connectivity index is 3.22. The Hall–Kier alpha value is -1.11. The van der Waals surface area contributed by atoms with Gasteiger partial charge >= 0.3 is 5.97 Å². The van der Waals surface area contributed by atoms with Crippen molar-refractivity contribution in [1.29, 1.82) is 0 Å². The van der Waals surface area contributed by atoms with Crippen molar-refractivity contribution < 1.29 is 23.1 Å². The van der Waals surface area contributed by atoms with Crippen LogP contribution in [0, 0.1) is 0 Å². The first-order valence-electron chi connectivity index (χ1n) is 4.75. The lowest BCUT2D eigenvalue weighted by atomic mass is 10.1. The average Bonchev–Trinajstić information content (AvgIpc) is 2.24. The van der Waals surface area contributed by atoms with Gasteiger partial charge in [0.1, 0.15) is 0 Å². The molecule has 0 bridgehead atoms. The van der Waals surface area contributed by atoms with Crippen LogP contribution in [0.15, 0.2) is 23.1 Å². The summed E-state index contributed by atoms with van der Waals surface area (Å²) < 4.78 is 27.2. The Morgan fingerprint density at radius 2 is 2.12 bits per heavy atom. The van der Waals surface area contributed by atoms with Crippen molar-refractivity contribution in [3.05, 3.63) is 29.3 Å². The molecule has 0 fully saturated rings. The second kappa shape index (κ2) is 5.48. The van der Waals surface area contributed by atoms with Crippen LogP contribution in [0.2, 0.25) is 0 Å². The van der Waals surface area contributed by atoms with Crippen LogP contribution in [0.5, 0.6) is 0 Å². The zero-order chi connectivity index (χ0) is 13.1. The number of aromatic carboxylic acids is 1. The van der Waals surface area contributed by atoms with Gasteiger partial charge in [-0.1, -0.05) is 6.07 Å². The molecule has 0 aliphatic heterocycles. The highest BCUT2D eigenvalue weighted by Gasteiger charge is 2.16. The van der Waals surface area contributed by atoms with Crippen LogP contribution < -0.4 is 0 Å². The first-order valence-corrected chi connectivity index (χ1v) is 7.05. The molecule has 0 heterocycles. The maximum Gasteiger partial charge on any atom is 0.336 e. The molecular weight excluding hydrogens is 268 g/mol. The molecule has 7 heteroatoms. The molecule has 1 aromatic carbocycles. The predicted octanol–water partition coefficient (Wildman–Crippen LogP) is 1.85. The summed E-state index contributed by atoms with van der Waals surface area (Å²) in [5.74, 6) is -1.22. The molecule has 1 aromatic rings. The molecule has 0 saturated heterocycles. The molecule has 0 saturated carbocycles. The highest BCUT2D eigenvalue weighted by atomic mass is 35.7. The van der Waals surface area contributed by atoms with Gasteiger partial charge in [-0.3, -0.25) is 0 Å². The molecule has 1 N–H and O–H groups in total. The molecule has 0 radical (unpaired) electrons. The molecule has 0 aliphatic carbocycles. The summed E-state index contributed by atoms with van der Waals surface area (Å²) in [5, 5.41) is 8.96. The van der Waals surface area contributed by atoms with Gasteiger partial charge in [-0.15, -0.1) is 0 Å². The third-order valence-corrected chi connectivity index (χ3v) is 3.41. The van der Waals surface area contributed by atoms with E-state index in [2.05, 4.69) is 0 Å². The molecule has 0 unspecified atom stereocenters. The lowest BCUT2D eigenvalue weighted by Crippen LogP contribution is -2.06. The Kier molecular flexibility index (Phi) is 4.50. The summed E-state index contributed by atoms with van der Waals surface area (Å²) in [6, 6.07) is 3.66. The number of carboxylic acid groups (broad SMARTS) is 1. The molecule has 0 spiro atoms. The van der Waals surface area contributed by atoms with Gasteiger partial charge in [-0.2, -0.15) is 0 Å². The van der Waals surface area contributed by atoms with E-state index in [1.165, 1.54) is 12.1 Å². The molecule has 0 amide bonds. The Morgan fingerprint density at radius 1 is 1.47 bits per heavy atom. The van der Waals surface area contributed by atoms with Gasteiger partial charge in [0.2, 0.25) is 0 Å². The molecule has 94 valence electrons. The maximum atomic E-state index is 11.1. The molecule has 17 heavy (non-hydrogen) atoms. The second-order valence-corrected chi connectivity index (χ2v) is 5.77. The topological polar surface area (TPSA) is 80.7 Å². The number of benzene rings is 1. The van der Waals surface area contributed by atoms with Crippen LogP contribution in [-0.4, -0.2) is 26.1 Å². The Morgan fingerprint density at radius 3 is 2.59 bits per heavy atom. The summed E-state index contributed by atoms with van der Waals surface area (Å²) >= 11 is 0. The molecule has 0 atom stereocenters. The molecule has 0 aliphatic rings. The number of ether oxygens (including phenoxy) is 1. The van der Waals surface area contributed by atoms with Gasteiger partial charge in [0.15, 0.2) is 0 Å². The van der Waals surface area contributed by atoms with E-state index in [9.17, 15) is 13.2 Å². The number of rotatable bonds is 5. The number of halogens is 1. The van der Waals surface area contributed by atoms with Gasteiger partial charge in [0, 0.05) is 17.3 Å². The minimum absolute atomic E-state index is 0.112. The zero-order valence-corrected chi connectivity index (χ0v) is 10.6. The highest BCUT2D eigenvalue weighted by molar-refractivity contribution is 8.13. The monoisotopic (exact) mass is 278 g/mol. The Labute approximate surface area is 103 Å². The van der Waals surface area contributed by atoms with Crippen LogP contribution >= 0.6 is 10.7 Å². The SMILES string of the molecule is CCOCc1ccc(S(=O)(=O)Cl)cc1C(=O)O. The fourth-order valence-electron chi connectivity index (χ4n) is 1.24. The van der Waals surface area contributed by atoms with Gasteiger partial charge in [0.25, 0.3) is 9.05 Å². The highest BCUT2D eigenvalue weighted by Crippen LogP contribution is 2.20. The van der Waals surface area contributed by atoms with Crippen molar-refractivity contribution in [1.82, 2.24) is 0 Å². The third-order valence-electron chi connectivity index (χ3n) is 2.05. The van der Waals surface area contributed by atoms with E-state index in [4.69, 9.17) is 20.5 Å². The first-order chi connectivity index (χ1) is 7.86. The van der Waals surface area contributed by atoms with Crippen molar-refractivity contribution >= 4 is 25.7 Å². The van der Waals surface area contributed by atoms with Crippen LogP contribution in [0.3, 0.4) is 0 Å². The van der Waals surface area contributed by atoms with Crippen molar-refractivity contribution in [2.24, 2.45) is 0 Å². The maximum absolute atomic E-state index is 11.1. The lowest BCUT2D eigenvalue weighted by Gasteiger charge is -2.07. The molecule has 1 rings (SSSR count). The van der Waals surface area contributed by atoms with E-state index < -0.39 is 15.0 Å². The molecule has 0 aromatic heterocycles. The Bertz CT molecular complexity index is 523. The van der Waals surface area contributed by atoms with Crippen molar-refractivity contribution in [2.45, 2.75) is 18.4 Å². The normalized spacial score (nSPS) is 11.4. The van der Waals surface area contributed by atoms with E-state index in [1.807, 2.05) is 0 Å². The summed E-state index contributed by atoms with van der Waals surface area (Å²) in [5.41, 5.74) is 0.281. The summed E-state index contributed by atoms with van der Waals surface area (Å²) in [7, 11) is 1.21. The quantitative estimate of drug-likeness (QED) is 0.831. The van der Waals surface area contributed by atoms with Crippen molar-refractivity contribution in [2.75, 3.05) is 6.61 Å². The standard InChI is InChI=1S/C10H11ClO5S/c1-2-16-6-7-3-4-8(17(11,14)15)5-9(7)10(12)13/h3-5H,2,6H2,1H3,(H,12,13). The average molecular weight is 279 g/mol. The van der Waals surface area contributed by atoms with E-state index in [0.717, 1.165) is 6.07 Å². The number of hydrogen-bond donors (Lipinski definition) is 1. The van der Waals surface area contributed by atoms with Gasteiger partial charge in [0.05, 0.1) is 17.1 Å². The van der Waals surface area contributed by atoms with E-state index in [-0.39, 0.29) is 17.1 Å². The van der Waals surface area contributed by atoms with Gasteiger partial charge in [-0.25, -0.2) is 13.2 Å². The minimum Gasteiger partial charge on any atom is -0.478 e. The fourth-order valence-corrected chi connectivity index (χ4v) is 2.02. The minimum atomic E-state index is -3.93. The van der Waals surface area contributed by atoms with E-state index >= 15 is 0 Å². The number of carboxylic acids is 1. The largest absolute Gasteiger partial charge is 0.478 e. The van der Waals surface area contributed by atoms with Crippen LogP contribution in [0.4, 0.5) is 0 Å². The van der Waals surface area contributed by atoms with Crippen molar-refractivity contribution in [3.8, 4) is 0 Å². The van der Waals surface area contributed by atoms with Crippen LogP contribution in [-0.2, 0) is 20.4 Å². The number of hydrogen-bond acceptors (Lipinski definition) is 4. The predicted molar refractivity (Wildman–Crippen MR) is 61.8 cm³/mol. The molecule has 5 nitrogen and oxygen atoms in total. The van der Waals surface area contributed by atoms with Crippen LogP contribution in [0.1, 0.15) is 22.8 Å². The third kappa shape index (κ3) is 3.69. The summed E-state index contributed by atoms with van der Waals surface area (Å²) in [4.78, 5) is 10.7. The first kappa shape index (κ1) is 14.0. The van der Waals surface area contributed by atoms with E-state index in [1.54, 1.807) is 6.92 Å². The van der Waals surface area contributed by atoms with E-state index in [0.29, 0.717) is 12.2 Å². The smallest absolute Gasteiger partial charge is 0.336 e. The van der Waals surface area contributed by atoms with Crippen molar-refractivity contribution in [3.63, 3.8) is 0 Å². The van der Waals surface area contributed by atoms with Crippen LogP contribution in [0.25, 0.3) is 0 Å².